The van der Waals surface area contributed by atoms with Gasteiger partial charge in [-0.25, -0.2) is 9.59 Å². The minimum Gasteiger partial charge on any atom is -0.478 e. The Morgan fingerprint density at radius 3 is 2.62 bits per heavy atom. The van der Waals surface area contributed by atoms with Crippen LogP contribution in [0.5, 0.6) is 0 Å². The number of hydrogen-bond acceptors (Lipinski definition) is 3. The SMILES string of the molecule is CC(C)(C)OC(=O)NCC=Cc1ccc(Cl)c(C(=O)O)c1. The quantitative estimate of drug-likeness (QED) is 0.891. The third-order valence-electron chi connectivity index (χ3n) is 2.29. The predicted octanol–water partition coefficient (Wildman–Crippen LogP) is 3.58. The van der Waals surface area contributed by atoms with Crippen LogP contribution in [-0.4, -0.2) is 29.3 Å². The first kappa shape index (κ1) is 17.0. The molecule has 21 heavy (non-hydrogen) atoms. The molecule has 6 heteroatoms. The lowest BCUT2D eigenvalue weighted by molar-refractivity contribution is 0.0533. The zero-order chi connectivity index (χ0) is 16.0. The average molecular weight is 312 g/mol. The monoisotopic (exact) mass is 311 g/mol. The van der Waals surface area contributed by atoms with Gasteiger partial charge in [0.1, 0.15) is 5.60 Å². The van der Waals surface area contributed by atoms with Gasteiger partial charge in [-0.05, 0) is 38.5 Å². The van der Waals surface area contributed by atoms with Crippen molar-refractivity contribution in [2.75, 3.05) is 6.54 Å². The van der Waals surface area contributed by atoms with Crippen LogP contribution in [0.25, 0.3) is 6.08 Å². The molecule has 0 unspecified atom stereocenters. The van der Waals surface area contributed by atoms with E-state index in [0.717, 1.165) is 0 Å². The first-order valence-electron chi connectivity index (χ1n) is 6.35. The van der Waals surface area contributed by atoms with Crippen LogP contribution in [-0.2, 0) is 4.74 Å². The average Bonchev–Trinajstić information content (AvgIpc) is 2.34. The second kappa shape index (κ2) is 7.13. The number of carboxylic acids is 1. The third kappa shape index (κ3) is 6.31. The molecule has 0 spiro atoms. The molecule has 0 aromatic heterocycles. The molecule has 0 fully saturated rings. The molecule has 0 heterocycles. The maximum Gasteiger partial charge on any atom is 0.407 e. The normalized spacial score (nSPS) is 11.4. The molecule has 0 aliphatic carbocycles. The van der Waals surface area contributed by atoms with Crippen molar-refractivity contribution < 1.29 is 19.4 Å². The lowest BCUT2D eigenvalue weighted by atomic mass is 10.1. The molecule has 1 amide bonds. The summed E-state index contributed by atoms with van der Waals surface area (Å²) < 4.78 is 5.08. The van der Waals surface area contributed by atoms with Crippen LogP contribution in [0.2, 0.25) is 5.02 Å². The molecule has 0 aliphatic heterocycles. The van der Waals surface area contributed by atoms with E-state index in [2.05, 4.69) is 5.32 Å². The van der Waals surface area contributed by atoms with Crippen LogP contribution in [0.4, 0.5) is 4.79 Å². The first-order valence-corrected chi connectivity index (χ1v) is 6.73. The number of benzene rings is 1. The second-order valence-corrected chi connectivity index (χ2v) is 5.74. The zero-order valence-electron chi connectivity index (χ0n) is 12.1. The molecule has 0 bridgehead atoms. The van der Waals surface area contributed by atoms with Crippen LogP contribution in [0.3, 0.4) is 0 Å². The van der Waals surface area contributed by atoms with Crippen molar-refractivity contribution in [2.24, 2.45) is 0 Å². The van der Waals surface area contributed by atoms with Gasteiger partial charge in [-0.1, -0.05) is 29.8 Å². The third-order valence-corrected chi connectivity index (χ3v) is 2.62. The molecule has 1 aromatic rings. The fourth-order valence-corrected chi connectivity index (χ4v) is 1.66. The molecule has 5 nitrogen and oxygen atoms in total. The summed E-state index contributed by atoms with van der Waals surface area (Å²) in [6.45, 7) is 5.62. The van der Waals surface area contributed by atoms with Gasteiger partial charge < -0.3 is 15.2 Å². The summed E-state index contributed by atoms with van der Waals surface area (Å²) in [4.78, 5) is 22.3. The molecular formula is C15H18ClNO4. The van der Waals surface area contributed by atoms with Gasteiger partial charge in [0.15, 0.2) is 0 Å². The number of aromatic carboxylic acids is 1. The highest BCUT2D eigenvalue weighted by molar-refractivity contribution is 6.33. The molecule has 0 radical (unpaired) electrons. The summed E-state index contributed by atoms with van der Waals surface area (Å²) in [7, 11) is 0. The maximum absolute atomic E-state index is 11.4. The minimum absolute atomic E-state index is 0.0407. The van der Waals surface area contributed by atoms with Gasteiger partial charge in [0, 0.05) is 6.54 Å². The van der Waals surface area contributed by atoms with Crippen molar-refractivity contribution in [1.29, 1.82) is 0 Å². The highest BCUT2D eigenvalue weighted by atomic mass is 35.5. The van der Waals surface area contributed by atoms with E-state index >= 15 is 0 Å². The number of ether oxygens (including phenoxy) is 1. The molecule has 0 atom stereocenters. The minimum atomic E-state index is -1.08. The summed E-state index contributed by atoms with van der Waals surface area (Å²) in [6, 6.07) is 4.68. The van der Waals surface area contributed by atoms with E-state index < -0.39 is 17.7 Å². The first-order chi connectivity index (χ1) is 9.69. The van der Waals surface area contributed by atoms with Crippen LogP contribution in [0.1, 0.15) is 36.7 Å². The van der Waals surface area contributed by atoms with Gasteiger partial charge in [-0.2, -0.15) is 0 Å². The van der Waals surface area contributed by atoms with Gasteiger partial charge in [-0.3, -0.25) is 0 Å². The molecule has 2 N–H and O–H groups in total. The summed E-state index contributed by atoms with van der Waals surface area (Å²) in [5.41, 5.74) is 0.182. The van der Waals surface area contributed by atoms with Crippen LogP contribution in [0, 0.1) is 0 Å². The molecule has 0 aliphatic rings. The Morgan fingerprint density at radius 1 is 1.38 bits per heavy atom. The van der Waals surface area contributed by atoms with Gasteiger partial charge in [0.2, 0.25) is 0 Å². The van der Waals surface area contributed by atoms with Crippen molar-refractivity contribution >= 4 is 29.7 Å². The maximum atomic E-state index is 11.4. The van der Waals surface area contributed by atoms with Crippen molar-refractivity contribution in [3.05, 3.63) is 40.4 Å². The van der Waals surface area contributed by atoms with Crippen molar-refractivity contribution in [2.45, 2.75) is 26.4 Å². The van der Waals surface area contributed by atoms with E-state index in [0.29, 0.717) is 5.56 Å². The van der Waals surface area contributed by atoms with E-state index in [1.165, 1.54) is 12.1 Å². The Hall–Kier alpha value is -2.01. The number of amides is 1. The fourth-order valence-electron chi connectivity index (χ4n) is 1.46. The number of halogens is 1. The molecule has 0 saturated carbocycles. The number of carboxylic acid groups (broad SMARTS) is 1. The van der Waals surface area contributed by atoms with Gasteiger partial charge in [-0.15, -0.1) is 0 Å². The molecule has 0 saturated heterocycles. The van der Waals surface area contributed by atoms with E-state index in [1.807, 2.05) is 0 Å². The Labute approximate surface area is 128 Å². The molecule has 1 rings (SSSR count). The summed E-state index contributed by atoms with van der Waals surface area (Å²) in [5.74, 6) is -1.08. The van der Waals surface area contributed by atoms with E-state index in [1.54, 1.807) is 39.0 Å². The van der Waals surface area contributed by atoms with Crippen LogP contribution < -0.4 is 5.32 Å². The van der Waals surface area contributed by atoms with Crippen molar-refractivity contribution in [1.82, 2.24) is 5.32 Å². The fraction of sp³-hybridized carbons (Fsp3) is 0.333. The largest absolute Gasteiger partial charge is 0.478 e. The number of carbonyl (C=O) groups excluding carboxylic acids is 1. The van der Waals surface area contributed by atoms with E-state index in [9.17, 15) is 9.59 Å². The standard InChI is InChI=1S/C15H18ClNO4/c1-15(2,3)21-14(20)17-8-4-5-10-6-7-12(16)11(9-10)13(18)19/h4-7,9H,8H2,1-3H3,(H,17,20)(H,18,19). The highest BCUT2D eigenvalue weighted by Gasteiger charge is 2.15. The zero-order valence-corrected chi connectivity index (χ0v) is 12.9. The Balaban J connectivity index is 2.56. The number of hydrogen-bond donors (Lipinski definition) is 2. The Morgan fingerprint density at radius 2 is 2.05 bits per heavy atom. The second-order valence-electron chi connectivity index (χ2n) is 5.33. The molecule has 1 aromatic carbocycles. The van der Waals surface area contributed by atoms with Crippen molar-refractivity contribution in [3.8, 4) is 0 Å². The van der Waals surface area contributed by atoms with Gasteiger partial charge in [0.05, 0.1) is 10.6 Å². The van der Waals surface area contributed by atoms with E-state index in [4.69, 9.17) is 21.4 Å². The summed E-state index contributed by atoms with van der Waals surface area (Å²) in [5, 5.41) is 11.7. The number of carbonyl (C=O) groups is 2. The van der Waals surface area contributed by atoms with Gasteiger partial charge in [0.25, 0.3) is 0 Å². The lowest BCUT2D eigenvalue weighted by Crippen LogP contribution is -2.32. The van der Waals surface area contributed by atoms with Crippen LogP contribution in [0.15, 0.2) is 24.3 Å². The smallest absolute Gasteiger partial charge is 0.407 e. The van der Waals surface area contributed by atoms with Crippen LogP contribution >= 0.6 is 11.6 Å². The lowest BCUT2D eigenvalue weighted by Gasteiger charge is -2.19. The van der Waals surface area contributed by atoms with Gasteiger partial charge >= 0.3 is 12.1 Å². The highest BCUT2D eigenvalue weighted by Crippen LogP contribution is 2.18. The van der Waals surface area contributed by atoms with Crippen molar-refractivity contribution in [3.63, 3.8) is 0 Å². The number of alkyl carbamates (subject to hydrolysis) is 1. The Bertz CT molecular complexity index is 561. The Kier molecular flexibility index (Phi) is 5.79. The number of nitrogens with one attached hydrogen (secondary N) is 1. The molecule has 114 valence electrons. The number of rotatable bonds is 4. The summed E-state index contributed by atoms with van der Waals surface area (Å²) >= 11 is 5.78. The topological polar surface area (TPSA) is 75.6 Å². The summed E-state index contributed by atoms with van der Waals surface area (Å²) in [6.07, 6.45) is 2.88. The van der Waals surface area contributed by atoms with E-state index in [-0.39, 0.29) is 17.1 Å². The predicted molar refractivity (Wildman–Crippen MR) is 81.7 cm³/mol. The molecular weight excluding hydrogens is 294 g/mol.